The van der Waals surface area contributed by atoms with Crippen molar-refractivity contribution in [3.63, 3.8) is 0 Å². The normalized spacial score (nSPS) is 39.0. The zero-order valence-electron chi connectivity index (χ0n) is 21.6. The minimum Gasteiger partial charge on any atom is -0.348 e. The summed E-state index contributed by atoms with van der Waals surface area (Å²) in [4.78, 5) is 29.5. The summed E-state index contributed by atoms with van der Waals surface area (Å²) in [5.41, 5.74) is 0.454. The van der Waals surface area contributed by atoms with Gasteiger partial charge in [-0.3, -0.25) is 9.59 Å². The maximum atomic E-state index is 13.6. The minimum absolute atomic E-state index is 0.00656. The second kappa shape index (κ2) is 7.62. The monoisotopic (exact) mass is 480 g/mol. The molecule has 1 N–H and O–H groups in total. The molecule has 4 aliphatic carbocycles. The van der Waals surface area contributed by atoms with Crippen molar-refractivity contribution in [1.29, 1.82) is 0 Å². The number of nitrogens with one attached hydrogen (secondary N) is 1. The predicted molar refractivity (Wildman–Crippen MR) is 140 cm³/mol. The van der Waals surface area contributed by atoms with Gasteiger partial charge in [-0.05, 0) is 72.7 Å². The van der Waals surface area contributed by atoms with E-state index in [0.717, 1.165) is 31.4 Å². The molecule has 34 heavy (non-hydrogen) atoms. The van der Waals surface area contributed by atoms with Crippen molar-refractivity contribution in [2.24, 2.45) is 45.3 Å². The first-order valence-corrected chi connectivity index (χ1v) is 13.4. The van der Waals surface area contributed by atoms with Crippen molar-refractivity contribution in [2.75, 3.05) is 18.4 Å². The molecule has 4 bridgehead atoms. The van der Waals surface area contributed by atoms with Crippen LogP contribution in [0.3, 0.4) is 0 Å². The molecule has 4 aliphatic rings. The quantitative estimate of drug-likeness (QED) is 0.526. The molecule has 0 spiro atoms. The molecule has 4 nitrogen and oxygen atoms in total. The van der Waals surface area contributed by atoms with Gasteiger partial charge in [-0.2, -0.15) is 0 Å². The summed E-state index contributed by atoms with van der Waals surface area (Å²) in [6, 6.07) is 9.97. The van der Waals surface area contributed by atoms with E-state index in [1.54, 1.807) is 0 Å². The Morgan fingerprint density at radius 3 is 1.68 bits per heavy atom. The van der Waals surface area contributed by atoms with Crippen LogP contribution < -0.4 is 5.32 Å². The summed E-state index contributed by atoms with van der Waals surface area (Å²) in [7, 11) is 0. The first-order valence-electron chi connectivity index (χ1n) is 13.0. The Hall–Kier alpha value is -1.75. The second-order valence-electron chi connectivity index (χ2n) is 13.0. The summed E-state index contributed by atoms with van der Waals surface area (Å²) in [5, 5.41) is 4.03. The van der Waals surface area contributed by atoms with Gasteiger partial charge in [-0.25, -0.2) is 0 Å². The highest BCUT2D eigenvalue weighted by Crippen LogP contribution is 2.67. The number of hydrogen-bond acceptors (Lipinski definition) is 3. The molecule has 5 heteroatoms. The molecule has 0 radical (unpaired) electrons. The standard InChI is InChI=1S/C29H40N2O2S/c1-26(2)21-12-14-28(26,5)23(32)19(21)16-31(25(34)30-18-10-8-7-9-11-18)17-20-22-13-15-29(6,24(20)33)27(22,3)4/h7-11,19-22H,12-17H2,1-6H3,(H,30,34)/t19-,20-,21-,22+,28-,29-/m1/s1. The number of carbonyl (C=O) groups excluding carboxylic acids is 2. The predicted octanol–water partition coefficient (Wildman–Crippen LogP) is 5.97. The van der Waals surface area contributed by atoms with Crippen LogP contribution >= 0.6 is 12.2 Å². The lowest BCUT2D eigenvalue weighted by Gasteiger charge is -2.36. The Labute approximate surface area is 210 Å². The van der Waals surface area contributed by atoms with E-state index in [-0.39, 0.29) is 33.5 Å². The molecule has 0 aliphatic heterocycles. The van der Waals surface area contributed by atoms with E-state index >= 15 is 0 Å². The van der Waals surface area contributed by atoms with E-state index in [2.05, 4.69) is 51.8 Å². The number of benzene rings is 1. The summed E-state index contributed by atoms with van der Waals surface area (Å²) in [6.07, 6.45) is 4.18. The van der Waals surface area contributed by atoms with E-state index < -0.39 is 0 Å². The average molecular weight is 481 g/mol. The SMILES string of the molecule is CC1(C)[C@@H]2CC[C@]1(C)C(=O)[C@@H]2CN(C[C@H]1C(=O)[C@@]2(C)CC[C@@H]1C2(C)C)C(=S)Nc1ccccc1. The lowest BCUT2D eigenvalue weighted by Crippen LogP contribution is -2.47. The number of anilines is 1. The van der Waals surface area contributed by atoms with Crippen LogP contribution in [0.2, 0.25) is 0 Å². The topological polar surface area (TPSA) is 49.4 Å². The van der Waals surface area contributed by atoms with Gasteiger partial charge < -0.3 is 10.2 Å². The number of ketones is 2. The van der Waals surface area contributed by atoms with Crippen molar-refractivity contribution in [3.8, 4) is 0 Å². The fourth-order valence-electron chi connectivity index (χ4n) is 8.41. The zero-order valence-corrected chi connectivity index (χ0v) is 22.4. The fourth-order valence-corrected chi connectivity index (χ4v) is 8.67. The molecule has 6 atom stereocenters. The third-order valence-electron chi connectivity index (χ3n) is 11.5. The molecule has 0 unspecified atom stereocenters. The van der Waals surface area contributed by atoms with Gasteiger partial charge in [0.15, 0.2) is 5.11 Å². The van der Waals surface area contributed by atoms with Gasteiger partial charge in [0, 0.05) is 41.4 Å². The van der Waals surface area contributed by atoms with E-state index in [1.165, 1.54) is 0 Å². The van der Waals surface area contributed by atoms with Gasteiger partial charge >= 0.3 is 0 Å². The number of Topliss-reactive ketones (excluding diaryl/α,β-unsaturated/α-hetero) is 2. The number of thiocarbonyl (C=S) groups is 1. The van der Waals surface area contributed by atoms with Crippen molar-refractivity contribution in [2.45, 2.75) is 67.2 Å². The van der Waals surface area contributed by atoms with Crippen LogP contribution in [0.1, 0.15) is 67.2 Å². The van der Waals surface area contributed by atoms with Crippen LogP contribution in [-0.2, 0) is 9.59 Å². The number of rotatable bonds is 5. The van der Waals surface area contributed by atoms with Crippen LogP contribution in [0.25, 0.3) is 0 Å². The van der Waals surface area contributed by atoms with E-state index in [0.29, 0.717) is 41.6 Å². The van der Waals surface area contributed by atoms with Crippen LogP contribution in [-0.4, -0.2) is 34.7 Å². The van der Waals surface area contributed by atoms with E-state index in [1.807, 2.05) is 30.3 Å². The third-order valence-corrected chi connectivity index (χ3v) is 11.8. The number of fused-ring (bicyclic) bond motifs is 4. The Bertz CT molecular complexity index is 978. The first kappa shape index (κ1) is 24.0. The van der Waals surface area contributed by atoms with Crippen LogP contribution in [0.4, 0.5) is 5.69 Å². The summed E-state index contributed by atoms with van der Waals surface area (Å²) < 4.78 is 0. The maximum Gasteiger partial charge on any atom is 0.173 e. The van der Waals surface area contributed by atoms with Crippen molar-refractivity contribution in [3.05, 3.63) is 30.3 Å². The number of nitrogens with zero attached hydrogens (tertiary/aromatic N) is 1. The average Bonchev–Trinajstić information content (AvgIpc) is 3.26. The van der Waals surface area contributed by atoms with Gasteiger partial charge in [-0.15, -0.1) is 0 Å². The van der Waals surface area contributed by atoms with Gasteiger partial charge in [0.05, 0.1) is 0 Å². The highest BCUT2D eigenvalue weighted by atomic mass is 32.1. The lowest BCUT2D eigenvalue weighted by atomic mass is 9.70. The maximum absolute atomic E-state index is 13.6. The Morgan fingerprint density at radius 2 is 1.29 bits per heavy atom. The molecule has 4 saturated carbocycles. The summed E-state index contributed by atoms with van der Waals surface area (Å²) in [6.45, 7) is 14.6. The van der Waals surface area contributed by atoms with Gasteiger partial charge in [0.1, 0.15) is 11.6 Å². The number of para-hydroxylation sites is 1. The van der Waals surface area contributed by atoms with Crippen molar-refractivity contribution >= 4 is 34.6 Å². The molecule has 1 aromatic carbocycles. The molecule has 0 heterocycles. The molecule has 1 aromatic rings. The largest absolute Gasteiger partial charge is 0.348 e. The second-order valence-corrected chi connectivity index (χ2v) is 13.4. The van der Waals surface area contributed by atoms with Crippen LogP contribution in [0, 0.1) is 45.3 Å². The van der Waals surface area contributed by atoms with Crippen molar-refractivity contribution in [1.82, 2.24) is 4.90 Å². The molecule has 5 rings (SSSR count). The fraction of sp³-hybridized carbons (Fsp3) is 0.690. The van der Waals surface area contributed by atoms with Gasteiger partial charge in [-0.1, -0.05) is 59.7 Å². The highest BCUT2D eigenvalue weighted by Gasteiger charge is 2.68. The Balaban J connectivity index is 1.43. The molecular formula is C29H40N2O2S. The van der Waals surface area contributed by atoms with E-state index in [9.17, 15) is 9.59 Å². The summed E-state index contributed by atoms with van der Waals surface area (Å²) in [5.74, 6) is 1.48. The van der Waals surface area contributed by atoms with Gasteiger partial charge in [0.2, 0.25) is 0 Å². The minimum atomic E-state index is -0.250. The Morgan fingerprint density at radius 1 is 0.853 bits per heavy atom. The van der Waals surface area contributed by atoms with Crippen LogP contribution in [0.15, 0.2) is 30.3 Å². The Kier molecular flexibility index (Phi) is 5.37. The summed E-state index contributed by atoms with van der Waals surface area (Å²) >= 11 is 5.94. The molecule has 4 fully saturated rings. The molecule has 0 saturated heterocycles. The number of hydrogen-bond donors (Lipinski definition) is 1. The number of carbonyl (C=O) groups is 2. The molecule has 0 aromatic heterocycles. The van der Waals surface area contributed by atoms with Gasteiger partial charge in [0.25, 0.3) is 0 Å². The third kappa shape index (κ3) is 3.04. The van der Waals surface area contributed by atoms with E-state index in [4.69, 9.17) is 12.2 Å². The zero-order chi connectivity index (χ0) is 24.7. The molecule has 0 amide bonds. The lowest BCUT2D eigenvalue weighted by molar-refractivity contribution is -0.132. The van der Waals surface area contributed by atoms with Crippen molar-refractivity contribution < 1.29 is 9.59 Å². The van der Waals surface area contributed by atoms with Crippen LogP contribution in [0.5, 0.6) is 0 Å². The smallest absolute Gasteiger partial charge is 0.173 e. The molecular weight excluding hydrogens is 440 g/mol. The first-order chi connectivity index (χ1) is 15.8. The molecule has 184 valence electrons. The highest BCUT2D eigenvalue weighted by molar-refractivity contribution is 7.80.